The van der Waals surface area contributed by atoms with Crippen molar-refractivity contribution in [1.29, 1.82) is 0 Å². The van der Waals surface area contributed by atoms with Crippen molar-refractivity contribution >= 4 is 17.3 Å². The number of nitrogens with one attached hydrogen (secondary N) is 1. The summed E-state index contributed by atoms with van der Waals surface area (Å²) >= 11 is 0. The molecule has 1 saturated heterocycles. The van der Waals surface area contributed by atoms with Gasteiger partial charge in [0.1, 0.15) is 5.56 Å². The van der Waals surface area contributed by atoms with E-state index < -0.39 is 11.5 Å². The maximum atomic E-state index is 13.6. The Bertz CT molecular complexity index is 1370. The molecule has 176 valence electrons. The molecule has 5 rings (SSSR count). The molecule has 1 N–H and O–H groups in total. The molecule has 1 aliphatic heterocycles. The molecule has 1 aliphatic rings. The van der Waals surface area contributed by atoms with Crippen LogP contribution in [0.3, 0.4) is 0 Å². The third-order valence-electron chi connectivity index (χ3n) is 6.43. The predicted molar refractivity (Wildman–Crippen MR) is 141 cm³/mol. The van der Waals surface area contributed by atoms with E-state index in [2.05, 4.69) is 15.3 Å². The zero-order valence-electron chi connectivity index (χ0n) is 19.8. The number of rotatable bonds is 5. The normalized spacial score (nSPS) is 13.5. The van der Waals surface area contributed by atoms with Crippen molar-refractivity contribution in [3.05, 3.63) is 101 Å². The van der Waals surface area contributed by atoms with Gasteiger partial charge in [0.2, 0.25) is 0 Å². The highest BCUT2D eigenvalue weighted by Gasteiger charge is 2.24. The SMILES string of the molecule is Cn1nc(-c2ccccc2)c(-c2ccccc2)c(C(=O)Nc2ccc(N3CCCCC3)cc2)c1=O. The number of piperidine rings is 1. The minimum absolute atomic E-state index is 0.0765. The Morgan fingerprint density at radius 1 is 0.800 bits per heavy atom. The summed E-state index contributed by atoms with van der Waals surface area (Å²) in [6, 6.07) is 26.9. The van der Waals surface area contributed by atoms with Crippen LogP contribution in [0.15, 0.2) is 89.7 Å². The van der Waals surface area contributed by atoms with Gasteiger partial charge in [-0.25, -0.2) is 4.68 Å². The number of nitrogens with zero attached hydrogens (tertiary/aromatic N) is 3. The molecule has 6 nitrogen and oxygen atoms in total. The molecule has 2 heterocycles. The smallest absolute Gasteiger partial charge is 0.280 e. The summed E-state index contributed by atoms with van der Waals surface area (Å²) in [7, 11) is 1.58. The second-order valence-electron chi connectivity index (χ2n) is 8.81. The summed E-state index contributed by atoms with van der Waals surface area (Å²) in [6.07, 6.45) is 3.69. The summed E-state index contributed by atoms with van der Waals surface area (Å²) in [5.74, 6) is -0.449. The highest BCUT2D eigenvalue weighted by molar-refractivity contribution is 6.10. The summed E-state index contributed by atoms with van der Waals surface area (Å²) in [6.45, 7) is 2.11. The van der Waals surface area contributed by atoms with Gasteiger partial charge in [-0.15, -0.1) is 0 Å². The molecule has 1 fully saturated rings. The quantitative estimate of drug-likeness (QED) is 0.432. The Kier molecular flexibility index (Phi) is 6.44. The summed E-state index contributed by atoms with van der Waals surface area (Å²) in [5, 5.41) is 7.50. The van der Waals surface area contributed by atoms with Gasteiger partial charge in [0.15, 0.2) is 0 Å². The molecule has 3 aromatic carbocycles. The van der Waals surface area contributed by atoms with E-state index in [0.29, 0.717) is 16.9 Å². The number of carbonyl (C=O) groups excluding carboxylic acids is 1. The Hall–Kier alpha value is -4.19. The maximum absolute atomic E-state index is 13.6. The first-order valence-corrected chi connectivity index (χ1v) is 12.0. The summed E-state index contributed by atoms with van der Waals surface area (Å²) < 4.78 is 1.24. The van der Waals surface area contributed by atoms with E-state index in [0.717, 1.165) is 29.9 Å². The highest BCUT2D eigenvalue weighted by atomic mass is 16.2. The van der Waals surface area contributed by atoms with Gasteiger partial charge < -0.3 is 10.2 Å². The number of aromatic nitrogens is 2. The van der Waals surface area contributed by atoms with Crippen LogP contribution >= 0.6 is 0 Å². The van der Waals surface area contributed by atoms with Crippen molar-refractivity contribution in [2.45, 2.75) is 19.3 Å². The van der Waals surface area contributed by atoms with Crippen LogP contribution in [-0.4, -0.2) is 28.8 Å². The predicted octanol–water partition coefficient (Wildman–Crippen LogP) is 5.36. The summed E-state index contributed by atoms with van der Waals surface area (Å²) in [5.41, 5.74) is 4.16. The van der Waals surface area contributed by atoms with Crippen molar-refractivity contribution in [3.8, 4) is 22.4 Å². The number of aryl methyl sites for hydroxylation is 1. The van der Waals surface area contributed by atoms with Crippen LogP contribution in [0, 0.1) is 0 Å². The molecule has 0 spiro atoms. The first-order valence-electron chi connectivity index (χ1n) is 12.0. The second-order valence-corrected chi connectivity index (χ2v) is 8.81. The fourth-order valence-electron chi connectivity index (χ4n) is 4.63. The van der Waals surface area contributed by atoms with E-state index in [1.165, 1.54) is 23.9 Å². The van der Waals surface area contributed by atoms with E-state index in [1.54, 1.807) is 7.05 Å². The molecule has 0 unspecified atom stereocenters. The third kappa shape index (κ3) is 4.73. The third-order valence-corrected chi connectivity index (χ3v) is 6.43. The van der Waals surface area contributed by atoms with Crippen LogP contribution in [0.5, 0.6) is 0 Å². The number of amides is 1. The Morgan fingerprint density at radius 2 is 1.40 bits per heavy atom. The highest BCUT2D eigenvalue weighted by Crippen LogP contribution is 2.32. The van der Waals surface area contributed by atoms with Gasteiger partial charge in [-0.2, -0.15) is 5.10 Å². The van der Waals surface area contributed by atoms with Crippen molar-refractivity contribution in [3.63, 3.8) is 0 Å². The van der Waals surface area contributed by atoms with E-state index in [-0.39, 0.29) is 5.56 Å². The molecule has 1 aromatic heterocycles. The van der Waals surface area contributed by atoms with Crippen LogP contribution in [0.1, 0.15) is 29.6 Å². The average molecular weight is 465 g/mol. The molecule has 0 atom stereocenters. The van der Waals surface area contributed by atoms with E-state index >= 15 is 0 Å². The first-order chi connectivity index (χ1) is 17.1. The lowest BCUT2D eigenvalue weighted by Crippen LogP contribution is -2.31. The van der Waals surface area contributed by atoms with Crippen molar-refractivity contribution < 1.29 is 4.79 Å². The molecule has 0 aliphatic carbocycles. The van der Waals surface area contributed by atoms with E-state index in [1.807, 2.05) is 84.9 Å². The maximum Gasteiger partial charge on any atom is 0.280 e. The molecular formula is C29H28N4O2. The monoisotopic (exact) mass is 464 g/mol. The van der Waals surface area contributed by atoms with Gasteiger partial charge in [0.05, 0.1) is 5.69 Å². The zero-order valence-corrected chi connectivity index (χ0v) is 19.8. The fraction of sp³-hybridized carbons (Fsp3) is 0.207. The largest absolute Gasteiger partial charge is 0.372 e. The molecule has 6 heteroatoms. The number of carbonyl (C=O) groups is 1. The number of benzene rings is 3. The summed E-state index contributed by atoms with van der Waals surface area (Å²) in [4.78, 5) is 29.2. The zero-order chi connectivity index (χ0) is 24.2. The van der Waals surface area contributed by atoms with E-state index in [9.17, 15) is 9.59 Å². The standard InChI is InChI=1S/C29H28N4O2/c1-32-29(35)26(28(34)30-23-15-17-24(18-16-23)33-19-9-4-10-20-33)25(21-11-5-2-6-12-21)27(31-32)22-13-7-3-8-14-22/h2-3,5-8,11-18H,4,9-10,19-20H2,1H3,(H,30,34). The number of anilines is 2. The first kappa shape index (κ1) is 22.6. The van der Waals surface area contributed by atoms with Crippen LogP contribution in [0.2, 0.25) is 0 Å². The Labute approximate surface area is 204 Å². The number of hydrogen-bond acceptors (Lipinski definition) is 4. The topological polar surface area (TPSA) is 67.2 Å². The molecule has 35 heavy (non-hydrogen) atoms. The molecule has 1 amide bonds. The molecule has 0 saturated carbocycles. The molecule has 4 aromatic rings. The average Bonchev–Trinajstić information content (AvgIpc) is 2.91. The van der Waals surface area contributed by atoms with Gasteiger partial charge in [0, 0.05) is 42.6 Å². The fourth-order valence-corrected chi connectivity index (χ4v) is 4.63. The lowest BCUT2D eigenvalue weighted by molar-refractivity contribution is 0.102. The van der Waals surface area contributed by atoms with Crippen molar-refractivity contribution in [2.24, 2.45) is 7.05 Å². The Morgan fingerprint density at radius 3 is 2.03 bits per heavy atom. The van der Waals surface area contributed by atoms with Crippen molar-refractivity contribution in [2.75, 3.05) is 23.3 Å². The van der Waals surface area contributed by atoms with Crippen LogP contribution in [0.4, 0.5) is 11.4 Å². The van der Waals surface area contributed by atoms with Crippen molar-refractivity contribution in [1.82, 2.24) is 9.78 Å². The van der Waals surface area contributed by atoms with E-state index in [4.69, 9.17) is 0 Å². The Balaban J connectivity index is 1.55. The van der Waals surface area contributed by atoms with Gasteiger partial charge in [-0.3, -0.25) is 9.59 Å². The van der Waals surface area contributed by atoms with Gasteiger partial charge in [-0.05, 0) is 49.1 Å². The van der Waals surface area contributed by atoms with Crippen LogP contribution in [-0.2, 0) is 7.05 Å². The molecule has 0 radical (unpaired) electrons. The number of hydrogen-bond donors (Lipinski definition) is 1. The van der Waals surface area contributed by atoms with Crippen LogP contribution < -0.4 is 15.8 Å². The van der Waals surface area contributed by atoms with Crippen LogP contribution in [0.25, 0.3) is 22.4 Å². The van der Waals surface area contributed by atoms with Gasteiger partial charge >= 0.3 is 0 Å². The molecular weight excluding hydrogens is 436 g/mol. The minimum Gasteiger partial charge on any atom is -0.372 e. The second kappa shape index (κ2) is 9.97. The lowest BCUT2D eigenvalue weighted by atomic mass is 9.95. The lowest BCUT2D eigenvalue weighted by Gasteiger charge is -2.28. The van der Waals surface area contributed by atoms with Gasteiger partial charge in [0.25, 0.3) is 11.5 Å². The van der Waals surface area contributed by atoms with Gasteiger partial charge in [-0.1, -0.05) is 60.7 Å². The minimum atomic E-state index is -0.449. The molecule has 0 bridgehead atoms.